The Kier molecular flexibility index (Phi) is 5.37. The quantitative estimate of drug-likeness (QED) is 0.768. The van der Waals surface area contributed by atoms with E-state index >= 15 is 0 Å². The van der Waals surface area contributed by atoms with Gasteiger partial charge in [0.25, 0.3) is 11.5 Å². The molecule has 1 fully saturated rings. The van der Waals surface area contributed by atoms with Crippen molar-refractivity contribution in [3.63, 3.8) is 0 Å². The number of aromatic nitrogens is 1. The van der Waals surface area contributed by atoms with Gasteiger partial charge in [-0.05, 0) is 19.0 Å². The van der Waals surface area contributed by atoms with Crippen LogP contribution in [0.3, 0.4) is 0 Å². The first-order valence-electron chi connectivity index (χ1n) is 6.86. The van der Waals surface area contributed by atoms with Gasteiger partial charge in [-0.1, -0.05) is 15.9 Å². The summed E-state index contributed by atoms with van der Waals surface area (Å²) >= 11 is 3.45. The second-order valence-corrected chi connectivity index (χ2v) is 5.83. The first kappa shape index (κ1) is 15.3. The third-order valence-corrected chi connectivity index (χ3v) is 3.98. The first-order valence-corrected chi connectivity index (χ1v) is 7.98. The maximum atomic E-state index is 12.4. The number of alkyl halides is 1. The van der Waals surface area contributed by atoms with Crippen molar-refractivity contribution in [3.8, 4) is 0 Å². The molecule has 0 spiro atoms. The van der Waals surface area contributed by atoms with Crippen molar-refractivity contribution >= 4 is 21.8 Å². The Balaban J connectivity index is 2.05. The molecule has 1 aromatic rings. The number of aryl methyl sites for hydroxylation is 1. The minimum atomic E-state index is -0.147. The van der Waals surface area contributed by atoms with E-state index in [-0.39, 0.29) is 11.5 Å². The lowest BCUT2D eigenvalue weighted by molar-refractivity contribution is 0.0761. The predicted octanol–water partition coefficient (Wildman–Crippen LogP) is 0.928. The number of pyridine rings is 1. The fraction of sp³-hybridized carbons (Fsp3) is 0.571. The number of halogens is 1. The number of nitrogens with zero attached hydrogens (tertiary/aromatic N) is 3. The lowest BCUT2D eigenvalue weighted by Crippen LogP contribution is -2.36. The summed E-state index contributed by atoms with van der Waals surface area (Å²) < 4.78 is 1.47. The van der Waals surface area contributed by atoms with Crippen molar-refractivity contribution in [3.05, 3.63) is 34.2 Å². The second-order valence-electron chi connectivity index (χ2n) is 5.04. The van der Waals surface area contributed by atoms with E-state index in [1.807, 2.05) is 4.90 Å². The molecule has 5 nitrogen and oxygen atoms in total. The van der Waals surface area contributed by atoms with E-state index in [2.05, 4.69) is 20.8 Å². The molecule has 2 heterocycles. The van der Waals surface area contributed by atoms with E-state index in [0.717, 1.165) is 44.5 Å². The Hall–Kier alpha value is -1.14. The SMILES string of the molecule is Cn1ccc(C(=O)N2CCCN(CCBr)CC2)cc1=O. The molecule has 0 unspecified atom stereocenters. The van der Waals surface area contributed by atoms with Gasteiger partial charge in [-0.25, -0.2) is 0 Å². The first-order chi connectivity index (χ1) is 9.61. The third kappa shape index (κ3) is 3.70. The van der Waals surface area contributed by atoms with E-state index in [1.165, 1.54) is 10.6 Å². The average molecular weight is 342 g/mol. The third-order valence-electron chi connectivity index (χ3n) is 3.63. The van der Waals surface area contributed by atoms with E-state index in [0.29, 0.717) is 5.56 Å². The lowest BCUT2D eigenvalue weighted by atomic mass is 10.2. The predicted molar refractivity (Wildman–Crippen MR) is 82.4 cm³/mol. The molecule has 1 aliphatic rings. The highest BCUT2D eigenvalue weighted by molar-refractivity contribution is 9.09. The monoisotopic (exact) mass is 341 g/mol. The zero-order valence-electron chi connectivity index (χ0n) is 11.7. The molecule has 1 saturated heterocycles. The summed E-state index contributed by atoms with van der Waals surface area (Å²) in [5.74, 6) is -0.0385. The maximum Gasteiger partial charge on any atom is 0.254 e. The summed E-state index contributed by atoms with van der Waals surface area (Å²) in [7, 11) is 1.68. The molecular formula is C14H20BrN3O2. The number of carbonyl (C=O) groups is 1. The van der Waals surface area contributed by atoms with Gasteiger partial charge in [0.05, 0.1) is 0 Å². The fourth-order valence-corrected chi connectivity index (χ4v) is 2.88. The van der Waals surface area contributed by atoms with Crippen LogP contribution in [0.25, 0.3) is 0 Å². The van der Waals surface area contributed by atoms with Gasteiger partial charge >= 0.3 is 0 Å². The molecule has 0 radical (unpaired) electrons. The Bertz CT molecular complexity index is 529. The molecule has 0 saturated carbocycles. The van der Waals surface area contributed by atoms with Crippen molar-refractivity contribution in [1.29, 1.82) is 0 Å². The molecular weight excluding hydrogens is 322 g/mol. The van der Waals surface area contributed by atoms with Gasteiger partial charge in [0.1, 0.15) is 0 Å². The number of carbonyl (C=O) groups excluding carboxylic acids is 1. The van der Waals surface area contributed by atoms with Crippen LogP contribution in [-0.2, 0) is 7.05 Å². The molecule has 0 aromatic carbocycles. The summed E-state index contributed by atoms with van der Waals surface area (Å²) in [6.07, 6.45) is 2.62. The highest BCUT2D eigenvalue weighted by Crippen LogP contribution is 2.08. The van der Waals surface area contributed by atoms with E-state index in [9.17, 15) is 9.59 Å². The lowest BCUT2D eigenvalue weighted by Gasteiger charge is -2.21. The molecule has 110 valence electrons. The van der Waals surface area contributed by atoms with Crippen LogP contribution in [0.4, 0.5) is 0 Å². The van der Waals surface area contributed by atoms with Gasteiger partial charge < -0.3 is 14.4 Å². The van der Waals surface area contributed by atoms with Crippen LogP contribution in [0.15, 0.2) is 23.1 Å². The minimum absolute atomic E-state index is 0.0385. The molecule has 6 heteroatoms. The van der Waals surface area contributed by atoms with Gasteiger partial charge in [0.15, 0.2) is 0 Å². The normalized spacial score (nSPS) is 17.0. The molecule has 2 rings (SSSR count). The van der Waals surface area contributed by atoms with Crippen molar-refractivity contribution in [2.45, 2.75) is 6.42 Å². The van der Waals surface area contributed by atoms with Gasteiger partial charge in [-0.15, -0.1) is 0 Å². The van der Waals surface area contributed by atoms with Crippen LogP contribution < -0.4 is 5.56 Å². The summed E-state index contributed by atoms with van der Waals surface area (Å²) in [6, 6.07) is 3.13. The minimum Gasteiger partial charge on any atom is -0.337 e. The van der Waals surface area contributed by atoms with E-state index < -0.39 is 0 Å². The van der Waals surface area contributed by atoms with E-state index in [1.54, 1.807) is 19.3 Å². The number of hydrogen-bond acceptors (Lipinski definition) is 3. The van der Waals surface area contributed by atoms with Crippen LogP contribution in [-0.4, -0.2) is 58.3 Å². The van der Waals surface area contributed by atoms with Gasteiger partial charge in [0, 0.05) is 56.4 Å². The Labute approximate surface area is 127 Å². The topological polar surface area (TPSA) is 45.6 Å². The highest BCUT2D eigenvalue weighted by Gasteiger charge is 2.20. The number of amides is 1. The van der Waals surface area contributed by atoms with Gasteiger partial charge in [0.2, 0.25) is 0 Å². The molecule has 0 bridgehead atoms. The van der Waals surface area contributed by atoms with Crippen molar-refractivity contribution in [2.24, 2.45) is 7.05 Å². The summed E-state index contributed by atoms with van der Waals surface area (Å²) in [5, 5.41) is 0.954. The molecule has 20 heavy (non-hydrogen) atoms. The van der Waals surface area contributed by atoms with Crippen LogP contribution in [0.2, 0.25) is 0 Å². The smallest absolute Gasteiger partial charge is 0.254 e. The average Bonchev–Trinajstić information content (AvgIpc) is 2.67. The molecule has 1 aromatic heterocycles. The van der Waals surface area contributed by atoms with Crippen LogP contribution in [0, 0.1) is 0 Å². The second kappa shape index (κ2) is 7.04. The molecule has 1 amide bonds. The fourth-order valence-electron chi connectivity index (χ4n) is 2.38. The van der Waals surface area contributed by atoms with Crippen LogP contribution in [0.5, 0.6) is 0 Å². The Morgan fingerprint density at radius 2 is 2.10 bits per heavy atom. The molecule has 0 N–H and O–H groups in total. The van der Waals surface area contributed by atoms with Crippen molar-refractivity contribution in [2.75, 3.05) is 38.1 Å². The zero-order valence-corrected chi connectivity index (χ0v) is 13.3. The largest absolute Gasteiger partial charge is 0.337 e. The summed E-state index contributed by atoms with van der Waals surface area (Å²) in [5.41, 5.74) is 0.341. The van der Waals surface area contributed by atoms with Gasteiger partial charge in [-0.2, -0.15) is 0 Å². The summed E-state index contributed by atoms with van der Waals surface area (Å²) in [6.45, 7) is 4.40. The van der Waals surface area contributed by atoms with E-state index in [4.69, 9.17) is 0 Å². The molecule has 0 atom stereocenters. The standard InChI is InChI=1S/C14H20BrN3O2/c1-16-7-3-12(11-13(16)19)14(20)18-6-2-5-17(8-4-15)9-10-18/h3,7,11H,2,4-6,8-10H2,1H3. The number of hydrogen-bond donors (Lipinski definition) is 0. The zero-order chi connectivity index (χ0) is 14.5. The van der Waals surface area contributed by atoms with Crippen molar-refractivity contribution in [1.82, 2.24) is 14.4 Å². The summed E-state index contributed by atoms with van der Waals surface area (Å²) in [4.78, 5) is 28.2. The van der Waals surface area contributed by atoms with Crippen LogP contribution in [0.1, 0.15) is 16.8 Å². The van der Waals surface area contributed by atoms with Crippen molar-refractivity contribution < 1.29 is 4.79 Å². The molecule has 0 aliphatic carbocycles. The molecule has 1 aliphatic heterocycles. The number of rotatable bonds is 3. The maximum absolute atomic E-state index is 12.4. The Morgan fingerprint density at radius 1 is 1.30 bits per heavy atom. The Morgan fingerprint density at radius 3 is 2.80 bits per heavy atom. The van der Waals surface area contributed by atoms with Gasteiger partial charge in [-0.3, -0.25) is 9.59 Å². The highest BCUT2D eigenvalue weighted by atomic mass is 79.9. The van der Waals surface area contributed by atoms with Crippen LogP contribution >= 0.6 is 15.9 Å².